The third-order valence-corrected chi connectivity index (χ3v) is 7.49. The SMILES string of the molecule is Cc1ccccc1CN1C(=O)S/C(=C\c2ccc(Sc3nnnn3-c3ccccc3)c([N+](=O)[O-])c2)C1=O. The van der Waals surface area contributed by atoms with Gasteiger partial charge in [0, 0.05) is 6.07 Å². The summed E-state index contributed by atoms with van der Waals surface area (Å²) in [5, 5.41) is 23.5. The van der Waals surface area contributed by atoms with E-state index in [1.807, 2.05) is 61.5 Å². The lowest BCUT2D eigenvalue weighted by molar-refractivity contribution is -0.387. The van der Waals surface area contributed by atoms with Crippen LogP contribution in [0.5, 0.6) is 0 Å². The number of nitrogens with zero attached hydrogens (tertiary/aromatic N) is 6. The Bertz CT molecular complexity index is 1550. The topological polar surface area (TPSA) is 124 Å². The quantitative estimate of drug-likeness (QED) is 0.179. The lowest BCUT2D eigenvalue weighted by atomic mass is 10.1. The Morgan fingerprint density at radius 2 is 1.81 bits per heavy atom. The fourth-order valence-electron chi connectivity index (χ4n) is 3.67. The summed E-state index contributed by atoms with van der Waals surface area (Å²) < 4.78 is 1.49. The molecular formula is C25H18N6O4S2. The molecule has 0 atom stereocenters. The van der Waals surface area contributed by atoms with Crippen LogP contribution >= 0.6 is 23.5 Å². The molecule has 1 aromatic heterocycles. The average Bonchev–Trinajstić information content (AvgIpc) is 3.46. The number of nitro groups is 1. The Balaban J connectivity index is 1.40. The second-order valence-electron chi connectivity index (χ2n) is 7.99. The van der Waals surface area contributed by atoms with E-state index < -0.39 is 10.8 Å². The van der Waals surface area contributed by atoms with Gasteiger partial charge in [-0.25, -0.2) is 0 Å². The van der Waals surface area contributed by atoms with Gasteiger partial charge in [-0.1, -0.05) is 48.5 Å². The number of carbonyl (C=O) groups excluding carboxylic acids is 2. The highest BCUT2D eigenvalue weighted by Crippen LogP contribution is 2.37. The van der Waals surface area contributed by atoms with Crippen LogP contribution in [0.2, 0.25) is 0 Å². The van der Waals surface area contributed by atoms with E-state index in [0.717, 1.165) is 40.3 Å². The van der Waals surface area contributed by atoms with Gasteiger partial charge in [0.25, 0.3) is 16.8 Å². The van der Waals surface area contributed by atoms with Crippen LogP contribution in [0.1, 0.15) is 16.7 Å². The molecule has 2 heterocycles. The number of imide groups is 1. The first kappa shape index (κ1) is 24.4. The molecule has 5 rings (SSSR count). The Morgan fingerprint density at radius 3 is 2.57 bits per heavy atom. The zero-order valence-electron chi connectivity index (χ0n) is 19.3. The number of rotatable bonds is 7. The first-order chi connectivity index (χ1) is 17.9. The van der Waals surface area contributed by atoms with Crippen molar-refractivity contribution in [3.05, 3.63) is 105 Å². The van der Waals surface area contributed by atoms with Gasteiger partial charge in [0.2, 0.25) is 5.16 Å². The summed E-state index contributed by atoms with van der Waals surface area (Å²) in [5.74, 6) is -0.429. The molecule has 3 aromatic carbocycles. The van der Waals surface area contributed by atoms with Gasteiger partial charge in [0.1, 0.15) is 0 Å². The molecule has 12 heteroatoms. The van der Waals surface area contributed by atoms with Crippen molar-refractivity contribution in [3.63, 3.8) is 0 Å². The smallest absolute Gasteiger partial charge is 0.268 e. The molecule has 0 radical (unpaired) electrons. The highest BCUT2D eigenvalue weighted by atomic mass is 32.2. The maximum absolute atomic E-state index is 13.0. The van der Waals surface area contributed by atoms with Crippen molar-refractivity contribution in [2.24, 2.45) is 0 Å². The average molecular weight is 531 g/mol. The lowest BCUT2D eigenvalue weighted by Gasteiger charge is -2.14. The highest BCUT2D eigenvalue weighted by molar-refractivity contribution is 8.18. The van der Waals surface area contributed by atoms with Gasteiger partial charge in [-0.05, 0) is 81.8 Å². The molecule has 10 nitrogen and oxygen atoms in total. The summed E-state index contributed by atoms with van der Waals surface area (Å²) in [4.78, 5) is 38.6. The first-order valence-electron chi connectivity index (χ1n) is 11.0. The maximum Gasteiger partial charge on any atom is 0.293 e. The molecule has 0 N–H and O–H groups in total. The number of amides is 2. The van der Waals surface area contributed by atoms with E-state index in [1.165, 1.54) is 21.7 Å². The third kappa shape index (κ3) is 5.15. The van der Waals surface area contributed by atoms with Gasteiger partial charge in [-0.2, -0.15) is 4.68 Å². The fraction of sp³-hybridized carbons (Fsp3) is 0.0800. The van der Waals surface area contributed by atoms with E-state index in [1.54, 1.807) is 12.1 Å². The van der Waals surface area contributed by atoms with Crippen molar-refractivity contribution in [2.45, 2.75) is 23.5 Å². The summed E-state index contributed by atoms with van der Waals surface area (Å²) in [6.07, 6.45) is 1.50. The number of para-hydroxylation sites is 1. The van der Waals surface area contributed by atoms with Crippen molar-refractivity contribution in [2.75, 3.05) is 0 Å². The molecule has 1 aliphatic heterocycles. The van der Waals surface area contributed by atoms with Gasteiger partial charge in [-0.15, -0.1) is 5.10 Å². The van der Waals surface area contributed by atoms with Gasteiger partial charge >= 0.3 is 0 Å². The summed E-state index contributed by atoms with van der Waals surface area (Å²) in [6.45, 7) is 2.09. The summed E-state index contributed by atoms with van der Waals surface area (Å²) in [6, 6.07) is 21.3. The number of hydrogen-bond donors (Lipinski definition) is 0. The second-order valence-corrected chi connectivity index (χ2v) is 9.99. The largest absolute Gasteiger partial charge is 0.293 e. The lowest BCUT2D eigenvalue weighted by Crippen LogP contribution is -2.27. The van der Waals surface area contributed by atoms with Crippen LogP contribution in [0.15, 0.2) is 87.8 Å². The Labute approximate surface area is 219 Å². The molecule has 0 unspecified atom stereocenters. The van der Waals surface area contributed by atoms with E-state index in [4.69, 9.17) is 0 Å². The minimum absolute atomic E-state index is 0.166. The van der Waals surface area contributed by atoms with E-state index in [2.05, 4.69) is 15.5 Å². The molecule has 1 saturated heterocycles. The van der Waals surface area contributed by atoms with Crippen LogP contribution < -0.4 is 0 Å². The van der Waals surface area contributed by atoms with Crippen molar-refractivity contribution in [1.29, 1.82) is 0 Å². The molecule has 0 aliphatic carbocycles. The number of carbonyl (C=O) groups is 2. The van der Waals surface area contributed by atoms with Crippen LogP contribution in [0, 0.1) is 17.0 Å². The number of aryl methyl sites for hydroxylation is 1. The third-order valence-electron chi connectivity index (χ3n) is 5.58. The normalized spacial score (nSPS) is 14.5. The van der Waals surface area contributed by atoms with E-state index in [0.29, 0.717) is 15.6 Å². The number of tetrazole rings is 1. The van der Waals surface area contributed by atoms with Crippen LogP contribution in [0.4, 0.5) is 10.5 Å². The molecule has 4 aromatic rings. The minimum Gasteiger partial charge on any atom is -0.268 e. The second kappa shape index (κ2) is 10.4. The number of hydrogen-bond acceptors (Lipinski definition) is 9. The molecule has 2 amide bonds. The van der Waals surface area contributed by atoms with E-state index >= 15 is 0 Å². The fourth-order valence-corrected chi connectivity index (χ4v) is 5.39. The minimum atomic E-state index is -0.500. The zero-order chi connectivity index (χ0) is 25.9. The van der Waals surface area contributed by atoms with Crippen molar-refractivity contribution < 1.29 is 14.5 Å². The number of nitro benzene ring substituents is 1. The Kier molecular flexibility index (Phi) is 6.84. The first-order valence-corrected chi connectivity index (χ1v) is 12.6. The predicted octanol–water partition coefficient (Wildman–Crippen LogP) is 5.27. The summed E-state index contributed by atoms with van der Waals surface area (Å²) in [5.41, 5.74) is 2.84. The molecule has 0 saturated carbocycles. The standard InChI is InChI=1S/C25H18N6O4S2/c1-16-7-5-6-8-18(16)15-29-23(32)22(37-25(29)33)14-17-11-12-21(20(13-17)31(34)35)36-24-26-27-28-30(24)19-9-3-2-4-10-19/h2-14H,15H2,1H3/b22-14-. The number of thioether (sulfide) groups is 1. The predicted molar refractivity (Wildman–Crippen MR) is 139 cm³/mol. The number of benzene rings is 3. The summed E-state index contributed by atoms with van der Waals surface area (Å²) >= 11 is 1.87. The van der Waals surface area contributed by atoms with Crippen molar-refractivity contribution in [3.8, 4) is 5.69 Å². The van der Waals surface area contributed by atoms with Crippen LogP contribution in [0.25, 0.3) is 11.8 Å². The van der Waals surface area contributed by atoms with Gasteiger partial charge in [0.15, 0.2) is 0 Å². The molecule has 184 valence electrons. The molecule has 1 fully saturated rings. The van der Waals surface area contributed by atoms with E-state index in [9.17, 15) is 19.7 Å². The zero-order valence-corrected chi connectivity index (χ0v) is 21.0. The molecule has 0 bridgehead atoms. The van der Waals surface area contributed by atoms with Gasteiger partial charge < -0.3 is 0 Å². The monoisotopic (exact) mass is 530 g/mol. The molecular weight excluding hydrogens is 512 g/mol. The highest BCUT2D eigenvalue weighted by Gasteiger charge is 2.35. The van der Waals surface area contributed by atoms with Gasteiger partial charge in [-0.3, -0.25) is 24.6 Å². The number of aromatic nitrogens is 4. The molecule has 1 aliphatic rings. The van der Waals surface area contributed by atoms with Gasteiger partial charge in [0.05, 0.1) is 27.0 Å². The molecule has 37 heavy (non-hydrogen) atoms. The van der Waals surface area contributed by atoms with E-state index in [-0.39, 0.29) is 22.4 Å². The Morgan fingerprint density at radius 1 is 1.05 bits per heavy atom. The Hall–Kier alpha value is -4.29. The maximum atomic E-state index is 13.0. The van der Waals surface area contributed by atoms with Crippen LogP contribution in [-0.4, -0.2) is 41.2 Å². The molecule has 0 spiro atoms. The van der Waals surface area contributed by atoms with Crippen molar-refractivity contribution >= 4 is 46.4 Å². The van der Waals surface area contributed by atoms with Crippen LogP contribution in [0.3, 0.4) is 0 Å². The van der Waals surface area contributed by atoms with Crippen molar-refractivity contribution in [1.82, 2.24) is 25.1 Å². The summed E-state index contributed by atoms with van der Waals surface area (Å²) in [7, 11) is 0. The van der Waals surface area contributed by atoms with Crippen LogP contribution in [-0.2, 0) is 11.3 Å².